The van der Waals surface area contributed by atoms with Crippen molar-refractivity contribution in [2.24, 2.45) is 28.6 Å². The highest BCUT2D eigenvalue weighted by Crippen LogP contribution is 2.68. The number of rotatable bonds is 0. The van der Waals surface area contributed by atoms with Crippen LogP contribution in [0.5, 0.6) is 0 Å². The maximum Gasteiger partial charge on any atom is 0.155 e. The highest BCUT2D eigenvalue weighted by molar-refractivity contribution is 5.91. The summed E-state index contributed by atoms with van der Waals surface area (Å²) in [5, 5.41) is 11.2. The second-order valence-corrected chi connectivity index (χ2v) is 9.09. The van der Waals surface area contributed by atoms with Gasteiger partial charge in [-0.2, -0.15) is 0 Å². The quantitative estimate of drug-likeness (QED) is 0.539. The van der Waals surface area contributed by atoms with Gasteiger partial charge in [-0.25, -0.2) is 0 Å². The Bertz CT molecular complexity index is 695. The normalized spacial score (nSPS) is 50.4. The number of hydrogen-bond acceptors (Lipinski definition) is 2. The second kappa shape index (κ2) is 4.85. The van der Waals surface area contributed by atoms with Gasteiger partial charge in [0.15, 0.2) is 11.4 Å². The van der Waals surface area contributed by atoms with Gasteiger partial charge in [0, 0.05) is 11.8 Å². The third-order valence-electron chi connectivity index (χ3n) is 8.37. The Morgan fingerprint density at radius 2 is 2.00 bits per heavy atom. The molecule has 2 heteroatoms. The molecule has 6 atom stereocenters. The first-order valence-corrected chi connectivity index (χ1v) is 9.38. The molecule has 0 radical (unpaired) electrons. The van der Waals surface area contributed by atoms with Gasteiger partial charge in [-0.1, -0.05) is 31.9 Å². The smallest absolute Gasteiger partial charge is 0.155 e. The van der Waals surface area contributed by atoms with Gasteiger partial charge in [0.1, 0.15) is 0 Å². The van der Waals surface area contributed by atoms with Crippen LogP contribution in [0.4, 0.5) is 0 Å². The molecule has 0 unspecified atom stereocenters. The zero-order valence-corrected chi connectivity index (χ0v) is 14.9. The summed E-state index contributed by atoms with van der Waals surface area (Å²) in [7, 11) is 0. The van der Waals surface area contributed by atoms with E-state index in [-0.39, 0.29) is 10.8 Å². The molecule has 0 aromatic carbocycles. The summed E-state index contributed by atoms with van der Waals surface area (Å²) in [6, 6.07) is 0. The van der Waals surface area contributed by atoms with E-state index in [0.717, 1.165) is 44.1 Å². The molecule has 0 aromatic rings. The SMILES string of the molecule is C#C[C@]1(O)C(=C)C[C@H]2[C@@H]3CCC4=CC(=O)CC[C@]4(C)[C@H]3CC[C@@]21C. The number of terminal acetylenes is 1. The number of fused-ring (bicyclic) bond motifs is 5. The Morgan fingerprint density at radius 3 is 2.71 bits per heavy atom. The summed E-state index contributed by atoms with van der Waals surface area (Å²) in [6.45, 7) is 8.71. The minimum atomic E-state index is -1.15. The highest BCUT2D eigenvalue weighted by Gasteiger charge is 2.65. The Morgan fingerprint density at radius 1 is 1.25 bits per heavy atom. The molecular formula is C22H28O2. The maximum absolute atomic E-state index is 11.9. The zero-order chi connectivity index (χ0) is 17.3. The fraction of sp³-hybridized carbons (Fsp3) is 0.682. The number of hydrogen-bond donors (Lipinski definition) is 1. The zero-order valence-electron chi connectivity index (χ0n) is 14.9. The number of aliphatic hydroxyl groups is 1. The van der Waals surface area contributed by atoms with Gasteiger partial charge in [0.2, 0.25) is 0 Å². The van der Waals surface area contributed by atoms with Crippen molar-refractivity contribution in [1.82, 2.24) is 0 Å². The lowest BCUT2D eigenvalue weighted by Crippen LogP contribution is -2.54. The third-order valence-corrected chi connectivity index (χ3v) is 8.37. The molecule has 0 aromatic heterocycles. The molecule has 0 amide bonds. The number of carbonyl (C=O) groups excluding carboxylic acids is 1. The summed E-state index contributed by atoms with van der Waals surface area (Å²) >= 11 is 0. The monoisotopic (exact) mass is 324 g/mol. The van der Waals surface area contributed by atoms with Gasteiger partial charge in [0.05, 0.1) is 0 Å². The van der Waals surface area contributed by atoms with E-state index in [0.29, 0.717) is 30.0 Å². The van der Waals surface area contributed by atoms with Crippen LogP contribution in [0.15, 0.2) is 23.8 Å². The molecule has 0 bridgehead atoms. The van der Waals surface area contributed by atoms with Crippen LogP contribution < -0.4 is 0 Å². The lowest BCUT2D eigenvalue weighted by Gasteiger charge is -2.58. The van der Waals surface area contributed by atoms with E-state index in [1.165, 1.54) is 5.57 Å². The van der Waals surface area contributed by atoms with Gasteiger partial charge < -0.3 is 5.11 Å². The largest absolute Gasteiger partial charge is 0.373 e. The lowest BCUT2D eigenvalue weighted by molar-refractivity contribution is -0.119. The molecule has 2 nitrogen and oxygen atoms in total. The van der Waals surface area contributed by atoms with Crippen molar-refractivity contribution in [1.29, 1.82) is 0 Å². The standard InChI is InChI=1S/C22H28O2/c1-5-22(24)14(2)12-19-17-7-6-15-13-16(23)8-10-20(15,3)18(17)9-11-21(19,22)4/h1,13,17-19,24H,2,6-12H2,3-4H3/t17-,18+,19+,20+,21+,22+/m1/s1. The van der Waals surface area contributed by atoms with E-state index >= 15 is 0 Å². The van der Waals surface area contributed by atoms with Gasteiger partial charge in [-0.3, -0.25) is 4.79 Å². The minimum Gasteiger partial charge on any atom is -0.373 e. The van der Waals surface area contributed by atoms with E-state index in [9.17, 15) is 9.90 Å². The first kappa shape index (κ1) is 16.2. The van der Waals surface area contributed by atoms with E-state index in [4.69, 9.17) is 6.42 Å². The van der Waals surface area contributed by atoms with Crippen LogP contribution in [0.3, 0.4) is 0 Å². The first-order chi connectivity index (χ1) is 11.3. The molecule has 4 rings (SSSR count). The van der Waals surface area contributed by atoms with E-state index < -0.39 is 5.60 Å². The predicted octanol–water partition coefficient (Wildman–Crippen LogP) is 4.05. The summed E-state index contributed by atoms with van der Waals surface area (Å²) in [5.74, 6) is 4.61. The molecule has 4 aliphatic carbocycles. The molecule has 0 heterocycles. The number of allylic oxidation sites excluding steroid dienone is 1. The minimum absolute atomic E-state index is 0.163. The second-order valence-electron chi connectivity index (χ2n) is 9.09. The third kappa shape index (κ3) is 1.75. The van der Waals surface area contributed by atoms with Crippen molar-refractivity contribution < 1.29 is 9.90 Å². The molecule has 4 aliphatic rings. The number of carbonyl (C=O) groups is 1. The van der Waals surface area contributed by atoms with Crippen LogP contribution in [0, 0.1) is 40.9 Å². The van der Waals surface area contributed by atoms with Crippen molar-refractivity contribution in [2.45, 2.75) is 64.4 Å². The topological polar surface area (TPSA) is 37.3 Å². The average molecular weight is 324 g/mol. The van der Waals surface area contributed by atoms with Crippen LogP contribution in [-0.4, -0.2) is 16.5 Å². The highest BCUT2D eigenvalue weighted by atomic mass is 16.3. The molecular weight excluding hydrogens is 296 g/mol. The molecule has 3 fully saturated rings. The molecule has 1 N–H and O–H groups in total. The summed E-state index contributed by atoms with van der Waals surface area (Å²) in [4.78, 5) is 11.9. The first-order valence-electron chi connectivity index (χ1n) is 9.38. The van der Waals surface area contributed by atoms with Crippen molar-refractivity contribution in [3.63, 3.8) is 0 Å². The van der Waals surface area contributed by atoms with E-state index in [2.05, 4.69) is 26.3 Å². The van der Waals surface area contributed by atoms with E-state index in [1.54, 1.807) is 0 Å². The Kier molecular flexibility index (Phi) is 3.27. The van der Waals surface area contributed by atoms with Gasteiger partial charge >= 0.3 is 0 Å². The molecule has 128 valence electrons. The Balaban J connectivity index is 1.73. The fourth-order valence-corrected chi connectivity index (χ4v) is 6.79. The van der Waals surface area contributed by atoms with Crippen molar-refractivity contribution in [3.8, 4) is 12.3 Å². The predicted molar refractivity (Wildman–Crippen MR) is 95.0 cm³/mol. The van der Waals surface area contributed by atoms with Crippen molar-refractivity contribution >= 4 is 5.78 Å². The summed E-state index contributed by atoms with van der Waals surface area (Å²) in [6.07, 6.45) is 14.4. The lowest BCUT2D eigenvalue weighted by atomic mass is 9.46. The maximum atomic E-state index is 11.9. The summed E-state index contributed by atoms with van der Waals surface area (Å²) < 4.78 is 0. The fourth-order valence-electron chi connectivity index (χ4n) is 6.79. The van der Waals surface area contributed by atoms with Crippen LogP contribution in [0.1, 0.15) is 58.8 Å². The van der Waals surface area contributed by atoms with Crippen molar-refractivity contribution in [2.75, 3.05) is 0 Å². The van der Waals surface area contributed by atoms with Gasteiger partial charge in [0.25, 0.3) is 0 Å². The summed E-state index contributed by atoms with van der Waals surface area (Å²) in [5.41, 5.74) is 0.983. The Hall–Kier alpha value is -1.33. The average Bonchev–Trinajstić information content (AvgIpc) is 2.76. The van der Waals surface area contributed by atoms with Crippen LogP contribution in [0.25, 0.3) is 0 Å². The van der Waals surface area contributed by atoms with Gasteiger partial charge in [-0.05, 0) is 73.3 Å². The molecule has 0 aliphatic heterocycles. The number of ketones is 1. The Labute approximate surface area is 145 Å². The van der Waals surface area contributed by atoms with Gasteiger partial charge in [-0.15, -0.1) is 6.42 Å². The van der Waals surface area contributed by atoms with Crippen LogP contribution in [-0.2, 0) is 4.79 Å². The molecule has 24 heavy (non-hydrogen) atoms. The molecule has 3 saturated carbocycles. The van der Waals surface area contributed by atoms with Crippen molar-refractivity contribution in [3.05, 3.63) is 23.8 Å². The molecule has 0 saturated heterocycles. The van der Waals surface area contributed by atoms with Crippen LogP contribution >= 0.6 is 0 Å². The van der Waals surface area contributed by atoms with Crippen LogP contribution in [0.2, 0.25) is 0 Å². The van der Waals surface area contributed by atoms with E-state index in [1.807, 2.05) is 6.08 Å². The molecule has 0 spiro atoms.